The molecule has 2 aromatic rings. The van der Waals surface area contributed by atoms with Gasteiger partial charge in [-0.05, 0) is 49.9 Å². The van der Waals surface area contributed by atoms with Crippen molar-refractivity contribution < 1.29 is 4.79 Å². The largest absolute Gasteiger partial charge is 0.321 e. The number of hydrogen-bond donors (Lipinski definition) is 1. The maximum absolute atomic E-state index is 12.4. The van der Waals surface area contributed by atoms with Crippen LogP contribution < -0.4 is 5.32 Å². The summed E-state index contributed by atoms with van der Waals surface area (Å²) in [6.45, 7) is 6.47. The molecule has 1 atom stereocenters. The number of thiazole rings is 1. The van der Waals surface area contributed by atoms with E-state index < -0.39 is 0 Å². The zero-order valence-electron chi connectivity index (χ0n) is 13.8. The second kappa shape index (κ2) is 7.05. The first-order valence-electron chi connectivity index (χ1n) is 8.11. The van der Waals surface area contributed by atoms with E-state index in [1.165, 1.54) is 29.1 Å². The molecule has 23 heavy (non-hydrogen) atoms. The molecule has 1 saturated carbocycles. The Hall–Kier alpha value is -1.33. The molecule has 0 aliphatic heterocycles. The zero-order valence-corrected chi connectivity index (χ0v) is 15.4. The van der Waals surface area contributed by atoms with Crippen molar-refractivity contribution in [1.82, 2.24) is 4.98 Å². The number of aromatic nitrogens is 1. The van der Waals surface area contributed by atoms with Crippen molar-refractivity contribution in [3.8, 4) is 0 Å². The third kappa shape index (κ3) is 4.15. The van der Waals surface area contributed by atoms with Gasteiger partial charge in [0, 0.05) is 21.8 Å². The first kappa shape index (κ1) is 16.5. The van der Waals surface area contributed by atoms with E-state index in [2.05, 4.69) is 36.3 Å². The highest BCUT2D eigenvalue weighted by molar-refractivity contribution is 7.99. The number of benzene rings is 1. The molecule has 3 rings (SSSR count). The topological polar surface area (TPSA) is 42.0 Å². The molecule has 1 fully saturated rings. The van der Waals surface area contributed by atoms with Gasteiger partial charge < -0.3 is 5.32 Å². The third-order valence-electron chi connectivity index (χ3n) is 4.03. The van der Waals surface area contributed by atoms with Crippen LogP contribution in [-0.2, 0) is 0 Å². The van der Waals surface area contributed by atoms with Gasteiger partial charge in [0.05, 0.1) is 11.2 Å². The SMILES string of the molecule is CCC(C)Sc1ccc(NC(=O)c2cnc(C3CC3)s2)c(C)c1. The number of carbonyl (C=O) groups excluding carboxylic acids is 1. The van der Waals surface area contributed by atoms with Crippen molar-refractivity contribution in [1.29, 1.82) is 0 Å². The average Bonchev–Trinajstić information content (AvgIpc) is 3.27. The number of nitrogens with one attached hydrogen (secondary N) is 1. The van der Waals surface area contributed by atoms with Crippen LogP contribution >= 0.6 is 23.1 Å². The maximum Gasteiger partial charge on any atom is 0.267 e. The van der Waals surface area contributed by atoms with Crippen LogP contribution in [0.4, 0.5) is 5.69 Å². The molecule has 1 amide bonds. The average molecular weight is 347 g/mol. The van der Waals surface area contributed by atoms with Crippen molar-refractivity contribution in [2.45, 2.75) is 56.1 Å². The summed E-state index contributed by atoms with van der Waals surface area (Å²) in [7, 11) is 0. The van der Waals surface area contributed by atoms with E-state index in [0.717, 1.165) is 22.7 Å². The first-order chi connectivity index (χ1) is 11.1. The number of hydrogen-bond acceptors (Lipinski definition) is 4. The van der Waals surface area contributed by atoms with Gasteiger partial charge in [0.25, 0.3) is 5.91 Å². The van der Waals surface area contributed by atoms with E-state index in [4.69, 9.17) is 0 Å². The highest BCUT2D eigenvalue weighted by Gasteiger charge is 2.27. The molecule has 5 heteroatoms. The summed E-state index contributed by atoms with van der Waals surface area (Å²) in [5.41, 5.74) is 1.98. The molecule has 0 radical (unpaired) electrons. The number of carbonyl (C=O) groups is 1. The highest BCUT2D eigenvalue weighted by atomic mass is 32.2. The van der Waals surface area contributed by atoms with Crippen LogP contribution in [-0.4, -0.2) is 16.1 Å². The van der Waals surface area contributed by atoms with E-state index >= 15 is 0 Å². The molecule has 1 aliphatic rings. The van der Waals surface area contributed by atoms with Crippen molar-refractivity contribution in [2.75, 3.05) is 5.32 Å². The Kier molecular flexibility index (Phi) is 5.07. The van der Waals surface area contributed by atoms with Gasteiger partial charge in [0.15, 0.2) is 0 Å². The second-order valence-electron chi connectivity index (χ2n) is 6.10. The fourth-order valence-corrected chi connectivity index (χ4v) is 4.27. The molecule has 1 heterocycles. The maximum atomic E-state index is 12.4. The Morgan fingerprint density at radius 2 is 2.26 bits per heavy atom. The molecule has 3 nitrogen and oxygen atoms in total. The predicted molar refractivity (Wildman–Crippen MR) is 98.8 cm³/mol. The van der Waals surface area contributed by atoms with Gasteiger partial charge in [-0.2, -0.15) is 0 Å². The number of rotatable bonds is 6. The van der Waals surface area contributed by atoms with E-state index in [-0.39, 0.29) is 5.91 Å². The van der Waals surface area contributed by atoms with Crippen LogP contribution in [0.1, 0.15) is 59.3 Å². The lowest BCUT2D eigenvalue weighted by molar-refractivity contribution is 0.103. The van der Waals surface area contributed by atoms with Crippen molar-refractivity contribution >= 4 is 34.7 Å². The zero-order chi connectivity index (χ0) is 16.4. The summed E-state index contributed by atoms with van der Waals surface area (Å²) in [5.74, 6) is 0.542. The number of amides is 1. The number of aryl methyl sites for hydroxylation is 1. The number of anilines is 1. The highest BCUT2D eigenvalue weighted by Crippen LogP contribution is 2.41. The Morgan fingerprint density at radius 1 is 1.48 bits per heavy atom. The molecule has 1 aromatic heterocycles. The van der Waals surface area contributed by atoms with Crippen LogP contribution in [0.25, 0.3) is 0 Å². The monoisotopic (exact) mass is 346 g/mol. The molecule has 0 bridgehead atoms. The van der Waals surface area contributed by atoms with Crippen LogP contribution in [0.15, 0.2) is 29.3 Å². The van der Waals surface area contributed by atoms with E-state index in [9.17, 15) is 4.79 Å². The van der Waals surface area contributed by atoms with Gasteiger partial charge in [-0.15, -0.1) is 23.1 Å². The second-order valence-corrected chi connectivity index (χ2v) is 8.68. The standard InChI is InChI=1S/C18H22N2OS2/c1-4-12(3)22-14-7-8-15(11(2)9-14)20-17(21)16-10-19-18(23-16)13-5-6-13/h7-10,12-13H,4-6H2,1-3H3,(H,20,21). The quantitative estimate of drug-likeness (QED) is 0.705. The molecule has 1 N–H and O–H groups in total. The molecule has 0 saturated heterocycles. The number of thioether (sulfide) groups is 1. The lowest BCUT2D eigenvalue weighted by Gasteiger charge is -2.12. The van der Waals surface area contributed by atoms with Crippen molar-refractivity contribution in [3.63, 3.8) is 0 Å². The molecule has 0 spiro atoms. The Balaban J connectivity index is 1.67. The minimum atomic E-state index is -0.0557. The van der Waals surface area contributed by atoms with Gasteiger partial charge in [0.1, 0.15) is 4.88 Å². The van der Waals surface area contributed by atoms with E-state index in [0.29, 0.717) is 16.0 Å². The molecule has 1 aromatic carbocycles. The lowest BCUT2D eigenvalue weighted by Crippen LogP contribution is -2.11. The fraction of sp³-hybridized carbons (Fsp3) is 0.444. The van der Waals surface area contributed by atoms with Crippen LogP contribution in [0.3, 0.4) is 0 Å². The Labute approximate surface area is 145 Å². The smallest absolute Gasteiger partial charge is 0.267 e. The van der Waals surface area contributed by atoms with Gasteiger partial charge in [0.2, 0.25) is 0 Å². The molecule has 1 aliphatic carbocycles. The summed E-state index contributed by atoms with van der Waals surface area (Å²) >= 11 is 3.40. The van der Waals surface area contributed by atoms with Gasteiger partial charge in [-0.3, -0.25) is 4.79 Å². The van der Waals surface area contributed by atoms with Gasteiger partial charge in [-0.1, -0.05) is 13.8 Å². The lowest BCUT2D eigenvalue weighted by atomic mass is 10.2. The summed E-state index contributed by atoms with van der Waals surface area (Å²) in [6, 6.07) is 6.23. The normalized spacial score (nSPS) is 15.4. The predicted octanol–water partition coefficient (Wildman–Crippen LogP) is 5.47. The van der Waals surface area contributed by atoms with E-state index in [1.54, 1.807) is 6.20 Å². The van der Waals surface area contributed by atoms with Gasteiger partial charge >= 0.3 is 0 Å². The van der Waals surface area contributed by atoms with Crippen LogP contribution in [0.2, 0.25) is 0 Å². The van der Waals surface area contributed by atoms with Crippen molar-refractivity contribution in [2.24, 2.45) is 0 Å². The Bertz CT molecular complexity index is 707. The first-order valence-corrected chi connectivity index (χ1v) is 9.80. The fourth-order valence-electron chi connectivity index (χ4n) is 2.26. The minimum absolute atomic E-state index is 0.0557. The van der Waals surface area contributed by atoms with E-state index in [1.807, 2.05) is 24.8 Å². The third-order valence-corrected chi connectivity index (χ3v) is 6.45. The summed E-state index contributed by atoms with van der Waals surface area (Å²) in [6.07, 6.45) is 5.28. The summed E-state index contributed by atoms with van der Waals surface area (Å²) < 4.78 is 0. The minimum Gasteiger partial charge on any atom is -0.321 e. The summed E-state index contributed by atoms with van der Waals surface area (Å²) in [5, 5.41) is 4.72. The molecule has 1 unspecified atom stereocenters. The molecular weight excluding hydrogens is 324 g/mol. The van der Waals surface area contributed by atoms with Crippen molar-refractivity contribution in [3.05, 3.63) is 39.8 Å². The van der Waals surface area contributed by atoms with Crippen LogP contribution in [0.5, 0.6) is 0 Å². The number of nitrogens with zero attached hydrogens (tertiary/aromatic N) is 1. The molecule has 122 valence electrons. The molecular formula is C18H22N2OS2. The Morgan fingerprint density at radius 3 is 2.91 bits per heavy atom. The van der Waals surface area contributed by atoms with Gasteiger partial charge in [-0.25, -0.2) is 4.98 Å². The summed E-state index contributed by atoms with van der Waals surface area (Å²) in [4.78, 5) is 18.7. The van der Waals surface area contributed by atoms with Crippen LogP contribution in [0, 0.1) is 6.92 Å².